The standard InChI is InChI=1S/C7H4ClNS.C6H7NOS/c8-7-2-1-6-5(9-7)3-4-10-6;1-5(7-8)6-2-3-9-4-6/h1-4H;2-4,8H,1H3/b;7-5+. The van der Waals surface area contributed by atoms with Crippen molar-refractivity contribution in [2.75, 3.05) is 0 Å². The fraction of sp³-hybridized carbons (Fsp3) is 0.0769. The largest absolute Gasteiger partial charge is 0.411 e. The zero-order valence-corrected chi connectivity index (χ0v) is 12.5. The van der Waals surface area contributed by atoms with Gasteiger partial charge in [-0.25, -0.2) is 4.98 Å². The highest BCUT2D eigenvalue weighted by Crippen LogP contribution is 2.20. The first-order valence-electron chi connectivity index (χ1n) is 5.41. The number of nitrogens with zero attached hydrogens (tertiary/aromatic N) is 2. The van der Waals surface area contributed by atoms with Crippen LogP contribution in [-0.2, 0) is 0 Å². The second-order valence-corrected chi connectivity index (χ2v) is 5.75. The number of halogens is 1. The first kappa shape index (κ1) is 14.0. The summed E-state index contributed by atoms with van der Waals surface area (Å²) in [6, 6.07) is 7.67. The Morgan fingerprint density at radius 2 is 2.11 bits per heavy atom. The van der Waals surface area contributed by atoms with Crippen molar-refractivity contribution in [3.8, 4) is 0 Å². The van der Waals surface area contributed by atoms with Crippen LogP contribution in [0.1, 0.15) is 12.5 Å². The topological polar surface area (TPSA) is 45.5 Å². The van der Waals surface area contributed by atoms with Crippen LogP contribution in [0.2, 0.25) is 5.15 Å². The van der Waals surface area contributed by atoms with E-state index in [4.69, 9.17) is 16.8 Å². The Bertz CT molecular complexity index is 677. The first-order valence-corrected chi connectivity index (χ1v) is 7.61. The molecule has 6 heteroatoms. The summed E-state index contributed by atoms with van der Waals surface area (Å²) < 4.78 is 1.18. The van der Waals surface area contributed by atoms with Gasteiger partial charge in [0.25, 0.3) is 0 Å². The van der Waals surface area contributed by atoms with Gasteiger partial charge in [0.05, 0.1) is 15.9 Å². The van der Waals surface area contributed by atoms with Crippen molar-refractivity contribution in [3.05, 3.63) is 51.1 Å². The second-order valence-electron chi connectivity index (χ2n) is 3.64. The maximum atomic E-state index is 8.30. The van der Waals surface area contributed by atoms with Crippen LogP contribution >= 0.6 is 34.3 Å². The maximum Gasteiger partial charge on any atom is 0.129 e. The molecule has 0 atom stereocenters. The van der Waals surface area contributed by atoms with Gasteiger partial charge < -0.3 is 5.21 Å². The van der Waals surface area contributed by atoms with Gasteiger partial charge >= 0.3 is 0 Å². The van der Waals surface area contributed by atoms with Crippen LogP contribution in [0, 0.1) is 0 Å². The van der Waals surface area contributed by atoms with Crippen LogP contribution in [-0.4, -0.2) is 15.9 Å². The fourth-order valence-corrected chi connectivity index (χ4v) is 2.93. The Kier molecular flexibility index (Phi) is 4.90. The minimum Gasteiger partial charge on any atom is -0.411 e. The maximum absolute atomic E-state index is 8.30. The average Bonchev–Trinajstić information content (AvgIpc) is 3.08. The molecule has 0 saturated carbocycles. The van der Waals surface area contributed by atoms with Crippen LogP contribution in [0.15, 0.2) is 45.6 Å². The molecule has 0 aromatic carbocycles. The molecule has 0 aliphatic heterocycles. The monoisotopic (exact) mass is 310 g/mol. The molecule has 0 amide bonds. The molecule has 0 fully saturated rings. The highest BCUT2D eigenvalue weighted by atomic mass is 35.5. The van der Waals surface area contributed by atoms with Crippen LogP contribution in [0.25, 0.3) is 10.2 Å². The van der Waals surface area contributed by atoms with Gasteiger partial charge in [-0.2, -0.15) is 11.3 Å². The normalized spacial score (nSPS) is 11.2. The van der Waals surface area contributed by atoms with E-state index in [1.54, 1.807) is 35.7 Å². The number of aromatic nitrogens is 1. The summed E-state index contributed by atoms with van der Waals surface area (Å²) in [5.41, 5.74) is 2.64. The molecule has 3 aromatic heterocycles. The van der Waals surface area contributed by atoms with E-state index in [2.05, 4.69) is 10.1 Å². The Morgan fingerprint density at radius 1 is 1.26 bits per heavy atom. The SMILES string of the molecule is C/C(=N\O)c1ccsc1.Clc1ccc2sccc2n1. The van der Waals surface area contributed by atoms with E-state index in [0.29, 0.717) is 10.9 Å². The van der Waals surface area contributed by atoms with Gasteiger partial charge in [-0.3, -0.25) is 0 Å². The third-order valence-electron chi connectivity index (χ3n) is 2.36. The van der Waals surface area contributed by atoms with Crippen molar-refractivity contribution < 1.29 is 5.21 Å². The van der Waals surface area contributed by atoms with Crippen LogP contribution in [0.5, 0.6) is 0 Å². The van der Waals surface area contributed by atoms with E-state index >= 15 is 0 Å². The molecule has 0 radical (unpaired) electrons. The van der Waals surface area contributed by atoms with Crippen LogP contribution in [0.4, 0.5) is 0 Å². The van der Waals surface area contributed by atoms with Crippen molar-refractivity contribution in [1.82, 2.24) is 4.98 Å². The quantitative estimate of drug-likeness (QED) is 0.301. The van der Waals surface area contributed by atoms with Crippen molar-refractivity contribution in [3.63, 3.8) is 0 Å². The van der Waals surface area contributed by atoms with E-state index < -0.39 is 0 Å². The summed E-state index contributed by atoms with van der Waals surface area (Å²) in [6.45, 7) is 1.77. The highest BCUT2D eigenvalue weighted by molar-refractivity contribution is 7.17. The predicted octanol–water partition coefficient (Wildman–Crippen LogP) is 4.90. The first-order chi connectivity index (χ1) is 9.20. The number of oxime groups is 1. The van der Waals surface area contributed by atoms with Gasteiger partial charge in [-0.15, -0.1) is 11.3 Å². The number of pyridine rings is 1. The molecule has 0 bridgehead atoms. The number of fused-ring (bicyclic) bond motifs is 1. The van der Waals surface area contributed by atoms with E-state index in [-0.39, 0.29) is 0 Å². The lowest BCUT2D eigenvalue weighted by molar-refractivity contribution is 0.319. The predicted molar refractivity (Wildman–Crippen MR) is 82.9 cm³/mol. The summed E-state index contributed by atoms with van der Waals surface area (Å²) >= 11 is 8.94. The summed E-state index contributed by atoms with van der Waals surface area (Å²) in [5, 5.41) is 17.8. The fourth-order valence-electron chi connectivity index (χ4n) is 1.36. The second kappa shape index (κ2) is 6.65. The zero-order chi connectivity index (χ0) is 13.7. The van der Waals surface area contributed by atoms with Crippen LogP contribution in [0.3, 0.4) is 0 Å². The molecular weight excluding hydrogens is 300 g/mol. The van der Waals surface area contributed by atoms with Gasteiger partial charge in [0.15, 0.2) is 0 Å². The summed E-state index contributed by atoms with van der Waals surface area (Å²) in [5.74, 6) is 0. The molecule has 0 aliphatic rings. The van der Waals surface area contributed by atoms with Gasteiger partial charge in [-0.05, 0) is 47.3 Å². The summed E-state index contributed by atoms with van der Waals surface area (Å²) in [4.78, 5) is 4.11. The molecule has 3 rings (SSSR count). The number of rotatable bonds is 1. The molecule has 1 N–H and O–H groups in total. The van der Waals surface area contributed by atoms with Crippen molar-refractivity contribution in [2.24, 2.45) is 5.16 Å². The molecule has 3 nitrogen and oxygen atoms in total. The lowest BCUT2D eigenvalue weighted by atomic mass is 10.2. The third kappa shape index (κ3) is 3.76. The Labute approximate surface area is 123 Å². The molecule has 0 unspecified atom stereocenters. The number of hydrogen-bond acceptors (Lipinski definition) is 5. The van der Waals surface area contributed by atoms with E-state index in [1.807, 2.05) is 34.3 Å². The van der Waals surface area contributed by atoms with Gasteiger partial charge in [-0.1, -0.05) is 16.8 Å². The van der Waals surface area contributed by atoms with Crippen molar-refractivity contribution >= 4 is 50.2 Å². The molecule has 0 aliphatic carbocycles. The summed E-state index contributed by atoms with van der Waals surface area (Å²) in [6.07, 6.45) is 0. The lowest BCUT2D eigenvalue weighted by Crippen LogP contribution is -1.89. The van der Waals surface area contributed by atoms with E-state index in [1.165, 1.54) is 4.70 Å². The van der Waals surface area contributed by atoms with Gasteiger partial charge in [0.2, 0.25) is 0 Å². The minimum atomic E-state index is 0.561. The van der Waals surface area contributed by atoms with Crippen molar-refractivity contribution in [1.29, 1.82) is 0 Å². The molecule has 0 saturated heterocycles. The minimum absolute atomic E-state index is 0.561. The molecule has 19 heavy (non-hydrogen) atoms. The molecule has 3 aromatic rings. The molecule has 0 spiro atoms. The van der Waals surface area contributed by atoms with Gasteiger partial charge in [0.1, 0.15) is 5.15 Å². The Balaban J connectivity index is 0.000000141. The molecule has 98 valence electrons. The molecule has 3 heterocycles. The van der Waals surface area contributed by atoms with E-state index in [9.17, 15) is 0 Å². The Hall–Kier alpha value is -1.43. The van der Waals surface area contributed by atoms with Crippen molar-refractivity contribution in [2.45, 2.75) is 6.92 Å². The smallest absolute Gasteiger partial charge is 0.129 e. The lowest BCUT2D eigenvalue weighted by Gasteiger charge is -1.87. The van der Waals surface area contributed by atoms with Crippen LogP contribution < -0.4 is 0 Å². The number of thiophene rings is 2. The zero-order valence-electron chi connectivity index (χ0n) is 10.1. The van der Waals surface area contributed by atoms with E-state index in [0.717, 1.165) is 11.1 Å². The molecular formula is C13H11ClN2OS2. The average molecular weight is 311 g/mol. The third-order valence-corrected chi connectivity index (χ3v) is 4.13. The van der Waals surface area contributed by atoms with Gasteiger partial charge in [0, 0.05) is 5.56 Å². The highest BCUT2D eigenvalue weighted by Gasteiger charge is 1.95. The summed E-state index contributed by atoms with van der Waals surface area (Å²) in [7, 11) is 0. The Morgan fingerprint density at radius 3 is 2.79 bits per heavy atom. The number of hydrogen-bond donors (Lipinski definition) is 1.